The van der Waals surface area contributed by atoms with E-state index in [2.05, 4.69) is 5.32 Å². The second kappa shape index (κ2) is 11.0. The molecule has 0 unspecified atom stereocenters. The standard InChI is InChI=1S/C27H29FN4O4S/c1-29-22-8-6-7-20(17-22)27(34)32(23-9-4-3-5-10-23)19-26(33)31-15-13-30(14-16-31)24-12-11-21(28)18-25(24)37(2,35)36/h3-12,17-18,29H,13-16,19H2,1-2H3. The van der Waals surface area contributed by atoms with Crippen molar-refractivity contribution in [3.8, 4) is 0 Å². The van der Waals surface area contributed by atoms with Gasteiger partial charge in [0.2, 0.25) is 5.91 Å². The molecule has 8 nitrogen and oxygen atoms in total. The van der Waals surface area contributed by atoms with E-state index in [9.17, 15) is 22.4 Å². The first-order valence-electron chi connectivity index (χ1n) is 11.8. The summed E-state index contributed by atoms with van der Waals surface area (Å²) in [6, 6.07) is 19.8. The van der Waals surface area contributed by atoms with Crippen LogP contribution in [0.1, 0.15) is 10.4 Å². The minimum Gasteiger partial charge on any atom is -0.388 e. The lowest BCUT2D eigenvalue weighted by Crippen LogP contribution is -2.52. The molecule has 4 rings (SSSR count). The van der Waals surface area contributed by atoms with Crippen molar-refractivity contribution >= 4 is 38.7 Å². The van der Waals surface area contributed by atoms with Crippen LogP contribution in [0, 0.1) is 5.82 Å². The molecule has 2 amide bonds. The fraction of sp³-hybridized carbons (Fsp3) is 0.259. The van der Waals surface area contributed by atoms with E-state index in [-0.39, 0.29) is 23.3 Å². The lowest BCUT2D eigenvalue weighted by Gasteiger charge is -2.37. The number of sulfone groups is 1. The van der Waals surface area contributed by atoms with Gasteiger partial charge in [-0.2, -0.15) is 0 Å². The third-order valence-corrected chi connectivity index (χ3v) is 7.42. The quantitative estimate of drug-likeness (QED) is 0.510. The number of anilines is 3. The van der Waals surface area contributed by atoms with Crippen molar-refractivity contribution in [2.45, 2.75) is 4.90 Å². The monoisotopic (exact) mass is 524 g/mol. The van der Waals surface area contributed by atoms with Gasteiger partial charge in [-0.1, -0.05) is 24.3 Å². The Bertz CT molecular complexity index is 1390. The number of nitrogens with one attached hydrogen (secondary N) is 1. The van der Waals surface area contributed by atoms with Crippen LogP contribution in [0.25, 0.3) is 0 Å². The van der Waals surface area contributed by atoms with Gasteiger partial charge in [-0.05, 0) is 48.5 Å². The van der Waals surface area contributed by atoms with Crippen molar-refractivity contribution in [3.63, 3.8) is 0 Å². The molecule has 0 aromatic heterocycles. The van der Waals surface area contributed by atoms with E-state index in [1.165, 1.54) is 17.0 Å². The summed E-state index contributed by atoms with van der Waals surface area (Å²) in [4.78, 5) is 31.7. The maximum Gasteiger partial charge on any atom is 0.258 e. The molecule has 1 aliphatic heterocycles. The Balaban J connectivity index is 1.50. The van der Waals surface area contributed by atoms with Crippen LogP contribution < -0.4 is 15.1 Å². The van der Waals surface area contributed by atoms with Crippen molar-refractivity contribution in [2.75, 3.05) is 61.1 Å². The highest BCUT2D eigenvalue weighted by Gasteiger charge is 2.28. The first-order valence-corrected chi connectivity index (χ1v) is 13.7. The van der Waals surface area contributed by atoms with E-state index in [4.69, 9.17) is 0 Å². The average molecular weight is 525 g/mol. The smallest absolute Gasteiger partial charge is 0.258 e. The maximum atomic E-state index is 13.7. The predicted molar refractivity (Wildman–Crippen MR) is 142 cm³/mol. The number of para-hydroxylation sites is 1. The molecule has 0 aliphatic carbocycles. The largest absolute Gasteiger partial charge is 0.388 e. The number of amides is 2. The zero-order valence-corrected chi connectivity index (χ0v) is 21.5. The molecule has 1 aliphatic rings. The first kappa shape index (κ1) is 26.2. The molecule has 1 N–H and O–H groups in total. The molecule has 1 heterocycles. The summed E-state index contributed by atoms with van der Waals surface area (Å²) in [6.07, 6.45) is 1.05. The number of piperazine rings is 1. The summed E-state index contributed by atoms with van der Waals surface area (Å²) in [5, 5.41) is 3.02. The number of nitrogens with zero attached hydrogens (tertiary/aromatic N) is 3. The summed E-state index contributed by atoms with van der Waals surface area (Å²) in [5.41, 5.74) is 2.27. The van der Waals surface area contributed by atoms with E-state index < -0.39 is 15.7 Å². The summed E-state index contributed by atoms with van der Waals surface area (Å²) in [7, 11) is -1.86. The van der Waals surface area contributed by atoms with Gasteiger partial charge in [0.25, 0.3) is 5.91 Å². The van der Waals surface area contributed by atoms with Gasteiger partial charge in [-0.3, -0.25) is 14.5 Å². The number of hydrogen-bond acceptors (Lipinski definition) is 6. The van der Waals surface area contributed by atoms with Crippen molar-refractivity contribution < 1.29 is 22.4 Å². The zero-order valence-electron chi connectivity index (χ0n) is 20.7. The summed E-state index contributed by atoms with van der Waals surface area (Å²) >= 11 is 0. The number of hydrogen-bond donors (Lipinski definition) is 1. The van der Waals surface area contributed by atoms with E-state index in [1.807, 2.05) is 29.2 Å². The highest BCUT2D eigenvalue weighted by Crippen LogP contribution is 2.27. The molecule has 10 heteroatoms. The summed E-state index contributed by atoms with van der Waals surface area (Å²) < 4.78 is 38.1. The highest BCUT2D eigenvalue weighted by molar-refractivity contribution is 7.90. The van der Waals surface area contributed by atoms with Crippen LogP contribution in [0.15, 0.2) is 77.7 Å². The van der Waals surface area contributed by atoms with Crippen LogP contribution in [0.3, 0.4) is 0 Å². The Morgan fingerprint density at radius 3 is 2.30 bits per heavy atom. The van der Waals surface area contributed by atoms with Crippen LogP contribution in [-0.4, -0.2) is 71.2 Å². The molecule has 1 fully saturated rings. The van der Waals surface area contributed by atoms with Gasteiger partial charge in [-0.15, -0.1) is 0 Å². The summed E-state index contributed by atoms with van der Waals surface area (Å²) in [5.74, 6) is -1.13. The Kier molecular flexibility index (Phi) is 7.77. The van der Waals surface area contributed by atoms with E-state index in [0.717, 1.165) is 18.0 Å². The minimum absolute atomic E-state index is 0.0723. The highest BCUT2D eigenvalue weighted by atomic mass is 32.2. The number of carbonyl (C=O) groups is 2. The lowest BCUT2D eigenvalue weighted by atomic mass is 10.1. The molecular weight excluding hydrogens is 495 g/mol. The Hall–Kier alpha value is -3.92. The molecule has 3 aromatic rings. The van der Waals surface area contributed by atoms with E-state index in [1.54, 1.807) is 42.3 Å². The third kappa shape index (κ3) is 6.08. The van der Waals surface area contributed by atoms with Crippen molar-refractivity contribution in [2.24, 2.45) is 0 Å². The van der Waals surface area contributed by atoms with Crippen LogP contribution >= 0.6 is 0 Å². The van der Waals surface area contributed by atoms with Gasteiger partial charge in [0.1, 0.15) is 12.4 Å². The summed E-state index contributed by atoms with van der Waals surface area (Å²) in [6.45, 7) is 1.29. The number of carbonyl (C=O) groups excluding carboxylic acids is 2. The molecular formula is C27H29FN4O4S. The fourth-order valence-electron chi connectivity index (χ4n) is 4.33. The molecule has 0 saturated carbocycles. The van der Waals surface area contributed by atoms with Gasteiger partial charge >= 0.3 is 0 Å². The zero-order chi connectivity index (χ0) is 26.6. The molecule has 0 atom stereocenters. The van der Waals surface area contributed by atoms with Gasteiger partial charge in [0.15, 0.2) is 9.84 Å². The average Bonchev–Trinajstić information content (AvgIpc) is 2.91. The molecule has 0 spiro atoms. The molecule has 3 aromatic carbocycles. The van der Waals surface area contributed by atoms with Gasteiger partial charge in [-0.25, -0.2) is 12.8 Å². The topological polar surface area (TPSA) is 90.0 Å². The normalized spacial score (nSPS) is 13.8. The predicted octanol–water partition coefficient (Wildman–Crippen LogP) is 3.27. The molecule has 194 valence electrons. The van der Waals surface area contributed by atoms with Crippen LogP contribution in [0.2, 0.25) is 0 Å². The Morgan fingerprint density at radius 1 is 0.946 bits per heavy atom. The van der Waals surface area contributed by atoms with E-state index >= 15 is 0 Å². The molecule has 37 heavy (non-hydrogen) atoms. The molecule has 0 radical (unpaired) electrons. The fourth-order valence-corrected chi connectivity index (χ4v) is 5.23. The molecule has 0 bridgehead atoms. The van der Waals surface area contributed by atoms with Gasteiger partial charge in [0, 0.05) is 56.4 Å². The Labute approximate surface area is 216 Å². The second-order valence-electron chi connectivity index (χ2n) is 8.81. The van der Waals surface area contributed by atoms with E-state index in [0.29, 0.717) is 43.1 Å². The van der Waals surface area contributed by atoms with Crippen LogP contribution in [0.4, 0.5) is 21.5 Å². The van der Waals surface area contributed by atoms with Gasteiger partial charge in [0.05, 0.1) is 10.6 Å². The van der Waals surface area contributed by atoms with Crippen molar-refractivity contribution in [1.82, 2.24) is 4.90 Å². The second-order valence-corrected chi connectivity index (χ2v) is 10.8. The number of benzene rings is 3. The first-order chi connectivity index (χ1) is 17.7. The lowest BCUT2D eigenvalue weighted by molar-refractivity contribution is -0.129. The Morgan fingerprint density at radius 2 is 1.65 bits per heavy atom. The maximum absolute atomic E-state index is 13.7. The van der Waals surface area contributed by atoms with Crippen molar-refractivity contribution in [1.29, 1.82) is 0 Å². The van der Waals surface area contributed by atoms with Gasteiger partial charge < -0.3 is 15.1 Å². The molecule has 1 saturated heterocycles. The van der Waals surface area contributed by atoms with Crippen LogP contribution in [0.5, 0.6) is 0 Å². The number of halogens is 1. The minimum atomic E-state index is -3.63. The van der Waals surface area contributed by atoms with Crippen LogP contribution in [-0.2, 0) is 14.6 Å². The SMILES string of the molecule is CNc1cccc(C(=O)N(CC(=O)N2CCN(c3ccc(F)cc3S(C)(=O)=O)CC2)c2ccccc2)c1. The number of rotatable bonds is 7. The third-order valence-electron chi connectivity index (χ3n) is 6.30. The van der Waals surface area contributed by atoms with Crippen molar-refractivity contribution in [3.05, 3.63) is 84.2 Å².